The summed E-state index contributed by atoms with van der Waals surface area (Å²) in [5.41, 5.74) is 0.0252. The lowest BCUT2D eigenvalue weighted by Crippen LogP contribution is -2.45. The number of ether oxygens (including phenoxy) is 1. The van der Waals surface area contributed by atoms with Crippen LogP contribution in [0.3, 0.4) is 0 Å². The molecule has 0 bridgehead atoms. The van der Waals surface area contributed by atoms with Crippen LogP contribution in [-0.2, 0) is 9.53 Å². The molecule has 0 radical (unpaired) electrons. The number of carbonyl (C=O) groups excluding carboxylic acids is 1. The largest absolute Gasteiger partial charge is 0.492 e. The first kappa shape index (κ1) is 10.2. The van der Waals surface area contributed by atoms with E-state index in [1.54, 1.807) is 0 Å². The standard InChI is InChI=1S/C8H12O5/c1-4(10)5-3-13-6(2-9)8(12)7(5)11/h3,6-9,11-12H,2H2,1H3/t6-,7-,8-/m1/s1. The van der Waals surface area contributed by atoms with E-state index in [4.69, 9.17) is 9.84 Å². The van der Waals surface area contributed by atoms with E-state index in [-0.39, 0.29) is 11.4 Å². The highest BCUT2D eigenvalue weighted by atomic mass is 16.5. The number of aliphatic hydroxyl groups excluding tert-OH is 3. The zero-order valence-corrected chi connectivity index (χ0v) is 7.17. The molecular weight excluding hydrogens is 176 g/mol. The molecule has 0 unspecified atom stereocenters. The van der Waals surface area contributed by atoms with Crippen molar-refractivity contribution in [1.29, 1.82) is 0 Å². The smallest absolute Gasteiger partial charge is 0.161 e. The lowest BCUT2D eigenvalue weighted by atomic mass is 9.97. The maximum atomic E-state index is 10.9. The number of Topliss-reactive ketones (excluding diaryl/α,β-unsaturated/α-hetero) is 1. The van der Waals surface area contributed by atoms with Crippen LogP contribution in [0.2, 0.25) is 0 Å². The first-order valence-corrected chi connectivity index (χ1v) is 3.91. The molecule has 5 nitrogen and oxygen atoms in total. The van der Waals surface area contributed by atoms with Crippen molar-refractivity contribution in [2.24, 2.45) is 0 Å². The summed E-state index contributed by atoms with van der Waals surface area (Å²) in [5.74, 6) is -0.358. The van der Waals surface area contributed by atoms with Gasteiger partial charge in [-0.15, -0.1) is 0 Å². The van der Waals surface area contributed by atoms with Crippen LogP contribution in [0, 0.1) is 0 Å². The summed E-state index contributed by atoms with van der Waals surface area (Å²) < 4.78 is 4.84. The molecule has 74 valence electrons. The molecule has 0 aromatic carbocycles. The quantitative estimate of drug-likeness (QED) is 0.494. The van der Waals surface area contributed by atoms with Crippen LogP contribution >= 0.6 is 0 Å². The van der Waals surface area contributed by atoms with Gasteiger partial charge < -0.3 is 20.1 Å². The highest BCUT2D eigenvalue weighted by Crippen LogP contribution is 2.19. The minimum Gasteiger partial charge on any atom is -0.492 e. The van der Waals surface area contributed by atoms with Gasteiger partial charge in [0.05, 0.1) is 18.4 Å². The Bertz CT molecular complexity index is 235. The van der Waals surface area contributed by atoms with Crippen molar-refractivity contribution in [2.45, 2.75) is 25.2 Å². The maximum absolute atomic E-state index is 10.9. The highest BCUT2D eigenvalue weighted by molar-refractivity contribution is 5.94. The van der Waals surface area contributed by atoms with Crippen molar-refractivity contribution in [3.63, 3.8) is 0 Å². The van der Waals surface area contributed by atoms with Gasteiger partial charge in [-0.25, -0.2) is 0 Å². The predicted molar refractivity (Wildman–Crippen MR) is 42.7 cm³/mol. The van der Waals surface area contributed by atoms with Crippen molar-refractivity contribution in [1.82, 2.24) is 0 Å². The Kier molecular flexibility index (Phi) is 3.02. The average molecular weight is 188 g/mol. The number of hydrogen-bond acceptors (Lipinski definition) is 5. The number of carbonyl (C=O) groups is 1. The van der Waals surface area contributed by atoms with Crippen LogP contribution in [0.25, 0.3) is 0 Å². The molecule has 1 aliphatic heterocycles. The average Bonchev–Trinajstić information content (AvgIpc) is 2.09. The molecule has 0 fully saturated rings. The molecule has 1 heterocycles. The SMILES string of the molecule is CC(=O)C1=CO[C@H](CO)[C@@H](O)[C@@H]1O. The van der Waals surface area contributed by atoms with E-state index >= 15 is 0 Å². The van der Waals surface area contributed by atoms with E-state index in [9.17, 15) is 15.0 Å². The molecule has 13 heavy (non-hydrogen) atoms. The van der Waals surface area contributed by atoms with Crippen LogP contribution < -0.4 is 0 Å². The zero-order chi connectivity index (χ0) is 10.0. The molecule has 0 amide bonds. The summed E-state index contributed by atoms with van der Waals surface area (Å²) in [6.45, 7) is 0.865. The molecule has 3 atom stereocenters. The summed E-state index contributed by atoms with van der Waals surface area (Å²) in [6, 6.07) is 0. The fraction of sp³-hybridized carbons (Fsp3) is 0.625. The molecule has 5 heteroatoms. The number of aliphatic hydroxyl groups is 3. The third kappa shape index (κ3) is 1.88. The minimum atomic E-state index is -1.27. The van der Waals surface area contributed by atoms with Crippen molar-refractivity contribution in [2.75, 3.05) is 6.61 Å². The fourth-order valence-electron chi connectivity index (χ4n) is 1.14. The van der Waals surface area contributed by atoms with Crippen LogP contribution in [0.5, 0.6) is 0 Å². The monoisotopic (exact) mass is 188 g/mol. The third-order valence-corrected chi connectivity index (χ3v) is 1.98. The Morgan fingerprint density at radius 3 is 2.69 bits per heavy atom. The van der Waals surface area contributed by atoms with Crippen molar-refractivity contribution < 1.29 is 24.9 Å². The molecule has 0 aliphatic carbocycles. The van der Waals surface area contributed by atoms with Crippen LogP contribution in [-0.4, -0.2) is 46.0 Å². The van der Waals surface area contributed by atoms with Gasteiger partial charge in [-0.3, -0.25) is 4.79 Å². The molecule has 0 aromatic heterocycles. The van der Waals surface area contributed by atoms with Gasteiger partial charge in [0.15, 0.2) is 5.78 Å². The van der Waals surface area contributed by atoms with Gasteiger partial charge in [-0.2, -0.15) is 0 Å². The van der Waals surface area contributed by atoms with Gasteiger partial charge in [-0.05, 0) is 6.92 Å². The Morgan fingerprint density at radius 2 is 2.23 bits per heavy atom. The van der Waals surface area contributed by atoms with Gasteiger partial charge in [0.2, 0.25) is 0 Å². The molecule has 0 saturated heterocycles. The first-order valence-electron chi connectivity index (χ1n) is 3.91. The molecule has 1 rings (SSSR count). The summed E-state index contributed by atoms with van der Waals surface area (Å²) in [6.07, 6.45) is -2.31. The zero-order valence-electron chi connectivity index (χ0n) is 7.17. The number of hydrogen-bond donors (Lipinski definition) is 3. The highest BCUT2D eigenvalue weighted by Gasteiger charge is 2.35. The maximum Gasteiger partial charge on any atom is 0.161 e. The number of ketones is 1. The predicted octanol–water partition coefficient (Wildman–Crippen LogP) is -1.43. The van der Waals surface area contributed by atoms with Gasteiger partial charge in [-0.1, -0.05) is 0 Å². The summed E-state index contributed by atoms with van der Waals surface area (Å²) >= 11 is 0. The summed E-state index contributed by atoms with van der Waals surface area (Å²) in [5, 5.41) is 27.4. The van der Waals surface area contributed by atoms with Crippen LogP contribution in [0.1, 0.15) is 6.92 Å². The summed E-state index contributed by atoms with van der Waals surface area (Å²) in [4.78, 5) is 10.9. The van der Waals surface area contributed by atoms with E-state index < -0.39 is 24.9 Å². The molecule has 0 saturated carbocycles. The minimum absolute atomic E-state index is 0.0252. The topological polar surface area (TPSA) is 87.0 Å². The Hall–Kier alpha value is -0.910. The normalized spacial score (nSPS) is 33.5. The third-order valence-electron chi connectivity index (χ3n) is 1.98. The Labute approximate surface area is 75.3 Å². The second kappa shape index (κ2) is 3.87. The molecular formula is C8H12O5. The fourth-order valence-corrected chi connectivity index (χ4v) is 1.14. The van der Waals surface area contributed by atoms with Crippen LogP contribution in [0.4, 0.5) is 0 Å². The van der Waals surface area contributed by atoms with E-state index in [1.165, 1.54) is 6.92 Å². The molecule has 3 N–H and O–H groups in total. The first-order chi connectivity index (χ1) is 6.07. The van der Waals surface area contributed by atoms with Crippen molar-refractivity contribution in [3.05, 3.63) is 11.8 Å². The second-order valence-electron chi connectivity index (χ2n) is 2.92. The second-order valence-corrected chi connectivity index (χ2v) is 2.92. The molecule has 0 aromatic rings. The van der Waals surface area contributed by atoms with Crippen molar-refractivity contribution in [3.8, 4) is 0 Å². The van der Waals surface area contributed by atoms with Gasteiger partial charge in [0, 0.05) is 0 Å². The van der Waals surface area contributed by atoms with Gasteiger partial charge in [0.25, 0.3) is 0 Å². The van der Waals surface area contributed by atoms with E-state index in [1.807, 2.05) is 0 Å². The lowest BCUT2D eigenvalue weighted by molar-refractivity contribution is -0.121. The molecule has 0 spiro atoms. The van der Waals surface area contributed by atoms with Crippen molar-refractivity contribution >= 4 is 5.78 Å². The van der Waals surface area contributed by atoms with Gasteiger partial charge in [0.1, 0.15) is 18.3 Å². The molecule has 1 aliphatic rings. The van der Waals surface area contributed by atoms with E-state index in [0.29, 0.717) is 0 Å². The van der Waals surface area contributed by atoms with Crippen LogP contribution in [0.15, 0.2) is 11.8 Å². The van der Waals surface area contributed by atoms with Gasteiger partial charge >= 0.3 is 0 Å². The number of rotatable bonds is 2. The summed E-state index contributed by atoms with van der Waals surface area (Å²) in [7, 11) is 0. The lowest BCUT2D eigenvalue weighted by Gasteiger charge is -2.30. The van der Waals surface area contributed by atoms with E-state index in [0.717, 1.165) is 6.26 Å². The Morgan fingerprint density at radius 1 is 1.62 bits per heavy atom. The van der Waals surface area contributed by atoms with E-state index in [2.05, 4.69) is 0 Å². The Balaban J connectivity index is 2.82.